The number of benzene rings is 3. The Balaban J connectivity index is 1.11. The number of aromatic nitrogens is 1. The van der Waals surface area contributed by atoms with E-state index in [9.17, 15) is 9.59 Å². The normalized spacial score (nSPS) is 17.0. The minimum Gasteiger partial charge on any atom is -0.450 e. The zero-order valence-electron chi connectivity index (χ0n) is 23.7. The van der Waals surface area contributed by atoms with Crippen molar-refractivity contribution in [2.45, 2.75) is 37.6 Å². The lowest BCUT2D eigenvalue weighted by Gasteiger charge is -2.41. The molecule has 8 nitrogen and oxygen atoms in total. The van der Waals surface area contributed by atoms with E-state index in [0.29, 0.717) is 23.5 Å². The molecule has 8 heteroatoms. The van der Waals surface area contributed by atoms with Crippen molar-refractivity contribution >= 4 is 29.2 Å². The van der Waals surface area contributed by atoms with E-state index in [2.05, 4.69) is 38.7 Å². The molecule has 0 saturated carbocycles. The number of rotatable bonds is 6. The number of hydrogen-bond acceptors (Lipinski definition) is 6. The van der Waals surface area contributed by atoms with Crippen LogP contribution in [0.4, 0.5) is 22.0 Å². The molecule has 0 bridgehead atoms. The first-order chi connectivity index (χ1) is 20.5. The lowest BCUT2D eigenvalue weighted by Crippen LogP contribution is -2.42. The van der Waals surface area contributed by atoms with E-state index >= 15 is 0 Å². The molecule has 1 aliphatic carbocycles. The third-order valence-corrected chi connectivity index (χ3v) is 8.53. The van der Waals surface area contributed by atoms with Gasteiger partial charge in [0.1, 0.15) is 5.82 Å². The number of anilines is 3. The molecule has 1 saturated heterocycles. The van der Waals surface area contributed by atoms with E-state index in [1.54, 1.807) is 12.3 Å². The van der Waals surface area contributed by atoms with Gasteiger partial charge >= 0.3 is 6.09 Å². The van der Waals surface area contributed by atoms with Crippen LogP contribution in [0.5, 0.6) is 0 Å². The molecule has 4 aromatic rings. The highest BCUT2D eigenvalue weighted by Gasteiger charge is 2.46. The highest BCUT2D eigenvalue weighted by Crippen LogP contribution is 2.51. The number of ether oxygens (including phenoxy) is 1. The van der Waals surface area contributed by atoms with Crippen LogP contribution in [0.2, 0.25) is 0 Å². The monoisotopic (exact) mass is 561 g/mol. The second-order valence-corrected chi connectivity index (χ2v) is 11.0. The third kappa shape index (κ3) is 5.40. The van der Waals surface area contributed by atoms with E-state index < -0.39 is 0 Å². The first kappa shape index (κ1) is 27.3. The van der Waals surface area contributed by atoms with Crippen LogP contribution in [0.15, 0.2) is 91.1 Å². The van der Waals surface area contributed by atoms with Crippen molar-refractivity contribution in [1.82, 2.24) is 10.3 Å². The summed E-state index contributed by atoms with van der Waals surface area (Å²) >= 11 is 0. The zero-order valence-corrected chi connectivity index (χ0v) is 23.7. The summed E-state index contributed by atoms with van der Waals surface area (Å²) < 4.78 is 5.16. The summed E-state index contributed by atoms with van der Waals surface area (Å²) in [6.45, 7) is 3.83. The smallest absolute Gasteiger partial charge is 0.407 e. The maximum Gasteiger partial charge on any atom is 0.407 e. The number of pyridine rings is 1. The van der Waals surface area contributed by atoms with Crippen LogP contribution in [0.1, 0.15) is 53.7 Å². The zero-order chi connectivity index (χ0) is 29.1. The molecule has 1 fully saturated rings. The number of carbonyl (C=O) groups excluding carboxylic acids is 2. The van der Waals surface area contributed by atoms with E-state index in [4.69, 9.17) is 10.5 Å². The number of fused-ring (bicyclic) bond motifs is 2. The third-order valence-electron chi connectivity index (χ3n) is 8.53. The average molecular weight is 562 g/mol. The standard InChI is InChI=1S/C34H35N5O3/c1-2-42-33(41)38-30-21-34(27-11-7-6-10-26(27)30)16-18-39(19-17-34)31-15-13-25(22-36-31)32(40)37-29-20-24(12-14-28(29)35)23-8-4-3-5-9-23/h3-15,20,22,30H,2,16-19,21,35H2,1H3,(H,37,40)(H,38,41). The highest BCUT2D eigenvalue weighted by atomic mass is 16.5. The van der Waals surface area contributed by atoms with Crippen LogP contribution in [-0.2, 0) is 10.2 Å². The molecule has 2 heterocycles. The molecule has 2 amide bonds. The summed E-state index contributed by atoms with van der Waals surface area (Å²) in [6.07, 6.45) is 4.01. The lowest BCUT2D eigenvalue weighted by molar-refractivity contribution is 0.102. The number of nitrogen functional groups attached to an aromatic ring is 1. The predicted octanol–water partition coefficient (Wildman–Crippen LogP) is 6.31. The van der Waals surface area contributed by atoms with Crippen LogP contribution in [0.25, 0.3) is 11.1 Å². The molecular formula is C34H35N5O3. The lowest BCUT2D eigenvalue weighted by atomic mass is 9.73. The minimum atomic E-state index is -0.369. The molecule has 4 N–H and O–H groups in total. The summed E-state index contributed by atoms with van der Waals surface area (Å²) in [7, 11) is 0. The van der Waals surface area contributed by atoms with Gasteiger partial charge in [-0.25, -0.2) is 9.78 Å². The van der Waals surface area contributed by atoms with Crippen molar-refractivity contribution < 1.29 is 14.3 Å². The molecule has 1 atom stereocenters. The SMILES string of the molecule is CCOC(=O)NC1CC2(CCN(c3ccc(C(=O)Nc4cc(-c5ccccc5)ccc4N)cn3)CC2)c2ccccc21. The molecule has 6 rings (SSSR count). The van der Waals surface area contributed by atoms with Crippen LogP contribution in [-0.4, -0.2) is 36.7 Å². The van der Waals surface area contributed by atoms with Gasteiger partial charge in [-0.2, -0.15) is 0 Å². The minimum absolute atomic E-state index is 0.00526. The summed E-state index contributed by atoms with van der Waals surface area (Å²) in [5.41, 5.74) is 12.3. The summed E-state index contributed by atoms with van der Waals surface area (Å²) in [6, 6.07) is 27.7. The van der Waals surface area contributed by atoms with Gasteiger partial charge in [-0.05, 0) is 72.7 Å². The maximum absolute atomic E-state index is 13.1. The first-order valence-electron chi connectivity index (χ1n) is 14.5. The van der Waals surface area contributed by atoms with Gasteiger partial charge in [0.25, 0.3) is 5.91 Å². The number of carbonyl (C=O) groups is 2. The van der Waals surface area contributed by atoms with Gasteiger partial charge in [0.2, 0.25) is 0 Å². The number of nitrogens with two attached hydrogens (primary N) is 1. The Morgan fingerprint density at radius 3 is 2.48 bits per heavy atom. The van der Waals surface area contributed by atoms with Crippen LogP contribution in [0, 0.1) is 0 Å². The second kappa shape index (κ2) is 11.6. The summed E-state index contributed by atoms with van der Waals surface area (Å²) in [5.74, 6) is 0.589. The van der Waals surface area contributed by atoms with Crippen LogP contribution >= 0.6 is 0 Å². The van der Waals surface area contributed by atoms with Gasteiger partial charge in [-0.15, -0.1) is 0 Å². The number of alkyl carbamates (subject to hydrolysis) is 1. The maximum atomic E-state index is 13.1. The quantitative estimate of drug-likeness (QED) is 0.238. The summed E-state index contributed by atoms with van der Waals surface area (Å²) in [4.78, 5) is 32.2. The fourth-order valence-electron chi connectivity index (χ4n) is 6.35. The predicted molar refractivity (Wildman–Crippen MR) is 166 cm³/mol. The van der Waals surface area contributed by atoms with Gasteiger partial charge < -0.3 is 26.0 Å². The molecule has 1 spiro atoms. The number of nitrogens with zero attached hydrogens (tertiary/aromatic N) is 2. The summed E-state index contributed by atoms with van der Waals surface area (Å²) in [5, 5.41) is 6.01. The van der Waals surface area contributed by atoms with E-state index in [1.807, 2.05) is 67.6 Å². The fourth-order valence-corrected chi connectivity index (χ4v) is 6.35. The van der Waals surface area contributed by atoms with Crippen molar-refractivity contribution in [3.63, 3.8) is 0 Å². The highest BCUT2D eigenvalue weighted by molar-refractivity contribution is 6.06. The number of nitrogens with one attached hydrogen (secondary N) is 2. The van der Waals surface area contributed by atoms with Crippen molar-refractivity contribution in [3.8, 4) is 11.1 Å². The van der Waals surface area contributed by atoms with Crippen molar-refractivity contribution in [2.24, 2.45) is 0 Å². The van der Waals surface area contributed by atoms with Crippen molar-refractivity contribution in [1.29, 1.82) is 0 Å². The number of hydrogen-bond donors (Lipinski definition) is 3. The number of amides is 2. The van der Waals surface area contributed by atoms with Gasteiger partial charge in [-0.3, -0.25) is 4.79 Å². The Hall–Kier alpha value is -4.85. The first-order valence-corrected chi connectivity index (χ1v) is 14.5. The Morgan fingerprint density at radius 1 is 0.976 bits per heavy atom. The Morgan fingerprint density at radius 2 is 1.74 bits per heavy atom. The van der Waals surface area contributed by atoms with E-state index in [1.165, 1.54) is 11.1 Å². The average Bonchev–Trinajstić information content (AvgIpc) is 3.31. The molecule has 42 heavy (non-hydrogen) atoms. The van der Waals surface area contributed by atoms with Gasteiger partial charge in [0, 0.05) is 24.7 Å². The topological polar surface area (TPSA) is 110 Å². The van der Waals surface area contributed by atoms with Crippen LogP contribution in [0.3, 0.4) is 0 Å². The Labute approximate surface area is 245 Å². The van der Waals surface area contributed by atoms with Gasteiger partial charge in [0.05, 0.1) is 29.6 Å². The second-order valence-electron chi connectivity index (χ2n) is 11.0. The van der Waals surface area contributed by atoms with Crippen molar-refractivity contribution in [2.75, 3.05) is 35.6 Å². The van der Waals surface area contributed by atoms with Gasteiger partial charge in [0.15, 0.2) is 0 Å². The molecule has 214 valence electrons. The van der Waals surface area contributed by atoms with Gasteiger partial charge in [-0.1, -0.05) is 60.7 Å². The Bertz CT molecular complexity index is 1580. The van der Waals surface area contributed by atoms with E-state index in [-0.39, 0.29) is 23.5 Å². The van der Waals surface area contributed by atoms with E-state index in [0.717, 1.165) is 49.3 Å². The molecule has 2 aliphatic rings. The molecule has 3 aromatic carbocycles. The largest absolute Gasteiger partial charge is 0.450 e. The fraction of sp³-hybridized carbons (Fsp3) is 0.265. The molecule has 1 aromatic heterocycles. The molecule has 0 radical (unpaired) electrons. The number of piperidine rings is 1. The molecule has 1 aliphatic heterocycles. The Kier molecular flexibility index (Phi) is 7.52. The van der Waals surface area contributed by atoms with Crippen LogP contribution < -0.4 is 21.3 Å². The van der Waals surface area contributed by atoms with Crippen molar-refractivity contribution in [3.05, 3.63) is 108 Å². The molecule has 1 unspecified atom stereocenters. The molecular weight excluding hydrogens is 526 g/mol.